The molecular weight excluding hydrogens is 250 g/mol. The summed E-state index contributed by atoms with van der Waals surface area (Å²) in [4.78, 5) is 16.7. The first-order chi connectivity index (χ1) is 9.60. The van der Waals surface area contributed by atoms with E-state index in [0.29, 0.717) is 17.7 Å². The van der Waals surface area contributed by atoms with Crippen LogP contribution in [0.5, 0.6) is 5.75 Å². The summed E-state index contributed by atoms with van der Waals surface area (Å²) in [5.41, 5.74) is 3.06. The molecule has 20 heavy (non-hydrogen) atoms. The molecule has 0 aliphatic carbocycles. The highest BCUT2D eigenvalue weighted by molar-refractivity contribution is 6.09. The van der Waals surface area contributed by atoms with Gasteiger partial charge in [-0.15, -0.1) is 0 Å². The normalized spacial score (nSPS) is 10.3. The zero-order valence-electron chi connectivity index (χ0n) is 12.1. The lowest BCUT2D eigenvalue weighted by atomic mass is 10.0. The summed E-state index contributed by atoms with van der Waals surface area (Å²) in [5.74, 6) is 0.811. The predicted octanol–water partition coefficient (Wildman–Crippen LogP) is 3.72. The van der Waals surface area contributed by atoms with Crippen LogP contribution in [0.25, 0.3) is 0 Å². The number of ether oxygens (including phenoxy) is 1. The number of nitrogens with zero attached hydrogens (tertiary/aromatic N) is 1. The Kier molecular flexibility index (Phi) is 4.51. The second-order valence-corrected chi connectivity index (χ2v) is 4.84. The Morgan fingerprint density at radius 2 is 1.65 bits per heavy atom. The van der Waals surface area contributed by atoms with Gasteiger partial charge in [-0.3, -0.25) is 9.78 Å². The summed E-state index contributed by atoms with van der Waals surface area (Å²) >= 11 is 0. The molecule has 0 fully saturated rings. The summed E-state index contributed by atoms with van der Waals surface area (Å²) in [6.07, 6.45) is 0.969. The highest BCUT2D eigenvalue weighted by Gasteiger charge is 2.10. The van der Waals surface area contributed by atoms with Gasteiger partial charge < -0.3 is 4.74 Å². The molecule has 2 rings (SSSR count). The summed E-state index contributed by atoms with van der Waals surface area (Å²) in [5, 5.41) is 0. The second-order valence-electron chi connectivity index (χ2n) is 4.84. The zero-order valence-corrected chi connectivity index (χ0v) is 12.1. The topological polar surface area (TPSA) is 39.2 Å². The van der Waals surface area contributed by atoms with Crippen molar-refractivity contribution >= 4 is 5.78 Å². The minimum absolute atomic E-state index is 0.0145. The molecule has 0 spiro atoms. The van der Waals surface area contributed by atoms with Crippen LogP contribution in [0.1, 0.15) is 40.7 Å². The first-order valence-electron chi connectivity index (χ1n) is 6.83. The lowest BCUT2D eigenvalue weighted by Gasteiger charge is -2.06. The fourth-order valence-corrected chi connectivity index (χ4v) is 2.05. The number of hydrogen-bond acceptors (Lipinski definition) is 3. The molecule has 0 aliphatic heterocycles. The van der Waals surface area contributed by atoms with Gasteiger partial charge in [0.25, 0.3) is 0 Å². The summed E-state index contributed by atoms with van der Waals surface area (Å²) in [6.45, 7) is 6.54. The van der Waals surface area contributed by atoms with Gasteiger partial charge in [-0.2, -0.15) is 0 Å². The molecule has 1 aromatic carbocycles. The molecule has 2 aromatic rings. The van der Waals surface area contributed by atoms with E-state index in [4.69, 9.17) is 4.74 Å². The Morgan fingerprint density at radius 1 is 1.05 bits per heavy atom. The van der Waals surface area contributed by atoms with Crippen molar-refractivity contribution in [3.8, 4) is 5.75 Å². The zero-order chi connectivity index (χ0) is 14.5. The number of hydrogen-bond donors (Lipinski definition) is 0. The Balaban J connectivity index is 2.20. The molecule has 3 nitrogen and oxygen atoms in total. The van der Waals surface area contributed by atoms with E-state index in [0.717, 1.165) is 23.6 Å². The van der Waals surface area contributed by atoms with E-state index in [9.17, 15) is 4.79 Å². The van der Waals surface area contributed by atoms with Crippen LogP contribution < -0.4 is 4.74 Å². The quantitative estimate of drug-likeness (QED) is 0.777. The van der Waals surface area contributed by atoms with Crippen LogP contribution in [0.3, 0.4) is 0 Å². The van der Waals surface area contributed by atoms with E-state index in [2.05, 4.69) is 11.9 Å². The van der Waals surface area contributed by atoms with E-state index < -0.39 is 0 Å². The molecule has 0 aliphatic rings. The van der Waals surface area contributed by atoms with Crippen LogP contribution in [0.4, 0.5) is 0 Å². The van der Waals surface area contributed by atoms with Gasteiger partial charge in [-0.25, -0.2) is 0 Å². The van der Waals surface area contributed by atoms with Crippen molar-refractivity contribution in [3.05, 3.63) is 58.9 Å². The third-order valence-electron chi connectivity index (χ3n) is 2.93. The number of pyridine rings is 1. The molecule has 1 heterocycles. The lowest BCUT2D eigenvalue weighted by molar-refractivity contribution is 0.103. The van der Waals surface area contributed by atoms with Gasteiger partial charge in [0.05, 0.1) is 6.61 Å². The highest BCUT2D eigenvalue weighted by Crippen LogP contribution is 2.16. The van der Waals surface area contributed by atoms with Gasteiger partial charge in [-0.05, 0) is 56.7 Å². The summed E-state index contributed by atoms with van der Waals surface area (Å²) in [6, 6.07) is 10.9. The lowest BCUT2D eigenvalue weighted by Crippen LogP contribution is -2.03. The fraction of sp³-hybridized carbons (Fsp3) is 0.294. The standard InChI is InChI=1S/C17H19NO2/c1-4-9-20-16-7-5-14(6-8-16)17(19)15-10-12(2)18-13(3)11-15/h5-8,10-11H,4,9H2,1-3H3. The Morgan fingerprint density at radius 3 is 2.20 bits per heavy atom. The molecule has 0 radical (unpaired) electrons. The van der Waals surface area contributed by atoms with Crippen molar-refractivity contribution in [2.24, 2.45) is 0 Å². The number of aromatic nitrogens is 1. The molecule has 104 valence electrons. The Labute approximate surface area is 119 Å². The van der Waals surface area contributed by atoms with E-state index in [1.54, 1.807) is 12.1 Å². The average molecular weight is 269 g/mol. The molecule has 0 amide bonds. The van der Waals surface area contributed by atoms with Crippen LogP contribution in [-0.4, -0.2) is 17.4 Å². The third-order valence-corrected chi connectivity index (χ3v) is 2.93. The number of carbonyl (C=O) groups is 1. The van der Waals surface area contributed by atoms with Crippen molar-refractivity contribution in [1.82, 2.24) is 4.98 Å². The summed E-state index contributed by atoms with van der Waals surface area (Å²) < 4.78 is 5.51. The first kappa shape index (κ1) is 14.3. The van der Waals surface area contributed by atoms with Crippen molar-refractivity contribution in [2.75, 3.05) is 6.61 Å². The molecule has 0 bridgehead atoms. The van der Waals surface area contributed by atoms with Crippen LogP contribution in [0.15, 0.2) is 36.4 Å². The number of aryl methyl sites for hydroxylation is 2. The third kappa shape index (κ3) is 3.44. The van der Waals surface area contributed by atoms with E-state index in [-0.39, 0.29) is 5.78 Å². The van der Waals surface area contributed by atoms with E-state index >= 15 is 0 Å². The predicted molar refractivity (Wildman–Crippen MR) is 79.4 cm³/mol. The molecule has 0 unspecified atom stereocenters. The smallest absolute Gasteiger partial charge is 0.193 e. The van der Waals surface area contributed by atoms with Gasteiger partial charge in [0.1, 0.15) is 5.75 Å². The first-order valence-corrected chi connectivity index (χ1v) is 6.83. The van der Waals surface area contributed by atoms with Crippen molar-refractivity contribution in [3.63, 3.8) is 0 Å². The summed E-state index contributed by atoms with van der Waals surface area (Å²) in [7, 11) is 0. The van der Waals surface area contributed by atoms with Crippen LogP contribution in [0, 0.1) is 13.8 Å². The minimum atomic E-state index is 0.0145. The average Bonchev–Trinajstić information content (AvgIpc) is 2.44. The van der Waals surface area contributed by atoms with Gasteiger partial charge >= 0.3 is 0 Å². The van der Waals surface area contributed by atoms with Crippen molar-refractivity contribution in [1.29, 1.82) is 0 Å². The van der Waals surface area contributed by atoms with Crippen LogP contribution >= 0.6 is 0 Å². The van der Waals surface area contributed by atoms with Crippen molar-refractivity contribution < 1.29 is 9.53 Å². The molecule has 0 saturated heterocycles. The highest BCUT2D eigenvalue weighted by atomic mass is 16.5. The maximum Gasteiger partial charge on any atom is 0.193 e. The van der Waals surface area contributed by atoms with Gasteiger partial charge in [0.2, 0.25) is 0 Å². The second kappa shape index (κ2) is 6.33. The van der Waals surface area contributed by atoms with Crippen LogP contribution in [0.2, 0.25) is 0 Å². The van der Waals surface area contributed by atoms with E-state index in [1.807, 2.05) is 38.1 Å². The molecule has 3 heteroatoms. The number of carbonyl (C=O) groups excluding carboxylic acids is 1. The van der Waals surface area contributed by atoms with Gasteiger partial charge in [0.15, 0.2) is 5.78 Å². The molecule has 1 aromatic heterocycles. The maximum atomic E-state index is 12.4. The number of ketones is 1. The molecule has 0 atom stereocenters. The monoisotopic (exact) mass is 269 g/mol. The van der Waals surface area contributed by atoms with Crippen molar-refractivity contribution in [2.45, 2.75) is 27.2 Å². The van der Waals surface area contributed by atoms with Crippen LogP contribution in [-0.2, 0) is 0 Å². The Bertz CT molecular complexity index is 583. The SMILES string of the molecule is CCCOc1ccc(C(=O)c2cc(C)nc(C)c2)cc1. The fourth-order valence-electron chi connectivity index (χ4n) is 2.05. The number of benzene rings is 1. The largest absolute Gasteiger partial charge is 0.494 e. The van der Waals surface area contributed by atoms with E-state index in [1.165, 1.54) is 0 Å². The maximum absolute atomic E-state index is 12.4. The molecule has 0 N–H and O–H groups in total. The molecular formula is C17H19NO2. The Hall–Kier alpha value is -2.16. The molecule has 0 saturated carbocycles. The minimum Gasteiger partial charge on any atom is -0.494 e. The number of rotatable bonds is 5. The van der Waals surface area contributed by atoms with Gasteiger partial charge in [-0.1, -0.05) is 6.92 Å². The van der Waals surface area contributed by atoms with Gasteiger partial charge in [0, 0.05) is 22.5 Å².